The number of aromatic nitrogens is 1. The van der Waals surface area contributed by atoms with Gasteiger partial charge < -0.3 is 14.8 Å². The number of hydrogen-bond acceptors (Lipinski definition) is 5. The van der Waals surface area contributed by atoms with Crippen molar-refractivity contribution in [1.29, 1.82) is 0 Å². The van der Waals surface area contributed by atoms with Crippen molar-refractivity contribution in [3.8, 4) is 5.75 Å². The van der Waals surface area contributed by atoms with Gasteiger partial charge >= 0.3 is 5.97 Å². The lowest BCUT2D eigenvalue weighted by Crippen LogP contribution is -2.10. The fraction of sp³-hybridized carbons (Fsp3) is 0.200. The van der Waals surface area contributed by atoms with E-state index in [0.717, 1.165) is 0 Å². The van der Waals surface area contributed by atoms with Gasteiger partial charge in [0.2, 0.25) is 0 Å². The van der Waals surface area contributed by atoms with Crippen molar-refractivity contribution in [3.05, 3.63) is 57.4 Å². The molecule has 0 amide bonds. The summed E-state index contributed by atoms with van der Waals surface area (Å²) in [7, 11) is 0. The second kappa shape index (κ2) is 8.75. The van der Waals surface area contributed by atoms with Gasteiger partial charge in [0.15, 0.2) is 0 Å². The van der Waals surface area contributed by atoms with Crippen LogP contribution in [0.25, 0.3) is 10.9 Å². The van der Waals surface area contributed by atoms with Crippen molar-refractivity contribution in [1.82, 2.24) is 4.98 Å². The maximum absolute atomic E-state index is 14.4. The van der Waals surface area contributed by atoms with Crippen LogP contribution in [0.1, 0.15) is 24.2 Å². The lowest BCUT2D eigenvalue weighted by atomic mass is 10.1. The monoisotopic (exact) mass is 466 g/mol. The maximum atomic E-state index is 14.4. The van der Waals surface area contributed by atoms with Crippen molar-refractivity contribution >= 4 is 55.8 Å². The molecule has 3 rings (SSSR count). The van der Waals surface area contributed by atoms with Gasteiger partial charge in [0.25, 0.3) is 0 Å². The van der Waals surface area contributed by atoms with Gasteiger partial charge in [0.1, 0.15) is 17.1 Å². The van der Waals surface area contributed by atoms with Gasteiger partial charge in [0.05, 0.1) is 34.6 Å². The first-order valence-electron chi connectivity index (χ1n) is 8.58. The second-order valence-electron chi connectivity index (χ2n) is 5.75. The summed E-state index contributed by atoms with van der Waals surface area (Å²) in [6, 6.07) is 7.78. The molecule has 0 fully saturated rings. The number of nitrogens with one attached hydrogen (secondary N) is 1. The molecule has 2 aromatic carbocycles. The summed E-state index contributed by atoms with van der Waals surface area (Å²) >= 11 is 9.30. The van der Waals surface area contributed by atoms with Crippen molar-refractivity contribution < 1.29 is 18.7 Å². The predicted octanol–water partition coefficient (Wildman–Crippen LogP) is 6.11. The summed E-state index contributed by atoms with van der Waals surface area (Å²) in [5.41, 5.74) is 1.33. The Morgan fingerprint density at radius 1 is 1.25 bits per heavy atom. The Morgan fingerprint density at radius 3 is 2.71 bits per heavy atom. The molecule has 5 nitrogen and oxygen atoms in total. The molecule has 0 spiro atoms. The van der Waals surface area contributed by atoms with Crippen molar-refractivity contribution in [2.75, 3.05) is 18.5 Å². The lowest BCUT2D eigenvalue weighted by molar-refractivity contribution is 0.0527. The largest absolute Gasteiger partial charge is 0.493 e. The van der Waals surface area contributed by atoms with Crippen LogP contribution in [0.2, 0.25) is 5.02 Å². The number of hydrogen-bond donors (Lipinski definition) is 1. The van der Waals surface area contributed by atoms with Crippen LogP contribution in [0.3, 0.4) is 0 Å². The molecule has 1 aromatic heterocycles. The van der Waals surface area contributed by atoms with Gasteiger partial charge in [-0.05, 0) is 54.0 Å². The summed E-state index contributed by atoms with van der Waals surface area (Å²) in [6.45, 7) is 4.29. The van der Waals surface area contributed by atoms with Crippen LogP contribution in [0.5, 0.6) is 5.75 Å². The Labute approximate surface area is 174 Å². The highest BCUT2D eigenvalue weighted by atomic mass is 79.9. The average molecular weight is 468 g/mol. The first-order valence-corrected chi connectivity index (χ1v) is 9.76. The van der Waals surface area contributed by atoms with Crippen LogP contribution in [0.15, 0.2) is 41.0 Å². The maximum Gasteiger partial charge on any atom is 0.341 e. The van der Waals surface area contributed by atoms with Gasteiger partial charge in [-0.3, -0.25) is 4.98 Å². The number of carbonyl (C=O) groups excluding carboxylic acids is 1. The molecular formula is C20H17BrClFN2O3. The molecule has 8 heteroatoms. The van der Waals surface area contributed by atoms with Crippen LogP contribution in [-0.4, -0.2) is 24.2 Å². The normalized spacial score (nSPS) is 10.8. The number of esters is 1. The molecule has 1 N–H and O–H groups in total. The Balaban J connectivity index is 2.20. The molecule has 0 aliphatic rings. The highest BCUT2D eigenvalue weighted by Gasteiger charge is 2.19. The summed E-state index contributed by atoms with van der Waals surface area (Å²) in [5, 5.41) is 3.87. The topological polar surface area (TPSA) is 60.5 Å². The molecule has 28 heavy (non-hydrogen) atoms. The van der Waals surface area contributed by atoms with E-state index in [1.807, 2.05) is 6.92 Å². The van der Waals surface area contributed by atoms with Crippen LogP contribution in [0.4, 0.5) is 15.8 Å². The molecule has 1 heterocycles. The summed E-state index contributed by atoms with van der Waals surface area (Å²) < 4.78 is 25.7. The summed E-state index contributed by atoms with van der Waals surface area (Å²) in [5.74, 6) is -0.480. The number of carbonyl (C=O) groups is 1. The summed E-state index contributed by atoms with van der Waals surface area (Å²) in [4.78, 5) is 16.8. The number of fused-ring (bicyclic) bond motifs is 1. The van der Waals surface area contributed by atoms with E-state index in [2.05, 4.69) is 26.2 Å². The average Bonchev–Trinajstić information content (AvgIpc) is 2.65. The number of rotatable bonds is 6. The van der Waals surface area contributed by atoms with Crippen molar-refractivity contribution in [2.45, 2.75) is 13.8 Å². The van der Waals surface area contributed by atoms with Gasteiger partial charge in [-0.2, -0.15) is 0 Å². The first-order chi connectivity index (χ1) is 13.4. The highest BCUT2D eigenvalue weighted by molar-refractivity contribution is 9.10. The van der Waals surface area contributed by atoms with Crippen LogP contribution in [-0.2, 0) is 4.74 Å². The first kappa shape index (κ1) is 20.4. The zero-order valence-corrected chi connectivity index (χ0v) is 17.5. The molecule has 0 aliphatic heterocycles. The van der Waals surface area contributed by atoms with Gasteiger partial charge in [-0.15, -0.1) is 0 Å². The molecule has 0 bridgehead atoms. The Hall–Kier alpha value is -2.38. The van der Waals surface area contributed by atoms with Crippen LogP contribution in [0, 0.1) is 5.82 Å². The third-order valence-corrected chi connectivity index (χ3v) is 4.76. The quantitative estimate of drug-likeness (QED) is 0.443. The smallest absolute Gasteiger partial charge is 0.341 e. The SMILES string of the molecule is CCOC(=O)c1cnc2cc(OCC)c(Br)cc2c1Nc1ccc(Cl)cc1F. The third-order valence-electron chi connectivity index (χ3n) is 3.91. The van der Waals surface area contributed by atoms with E-state index in [4.69, 9.17) is 21.1 Å². The van der Waals surface area contributed by atoms with Gasteiger partial charge in [0, 0.05) is 22.7 Å². The van der Waals surface area contributed by atoms with E-state index in [0.29, 0.717) is 33.4 Å². The second-order valence-corrected chi connectivity index (χ2v) is 7.04. The minimum absolute atomic E-state index is 0.174. The minimum Gasteiger partial charge on any atom is -0.493 e. The Morgan fingerprint density at radius 2 is 2.04 bits per heavy atom. The number of halogens is 3. The summed E-state index contributed by atoms with van der Waals surface area (Å²) in [6.07, 6.45) is 1.40. The van der Waals surface area contributed by atoms with Crippen LogP contribution >= 0.6 is 27.5 Å². The minimum atomic E-state index is -0.557. The Kier molecular flexibility index (Phi) is 6.36. The highest BCUT2D eigenvalue weighted by Crippen LogP contribution is 2.36. The molecule has 0 unspecified atom stereocenters. The van der Waals surface area contributed by atoms with Crippen molar-refractivity contribution in [2.24, 2.45) is 0 Å². The molecule has 0 saturated heterocycles. The number of ether oxygens (including phenoxy) is 2. The molecule has 0 saturated carbocycles. The van der Waals surface area contributed by atoms with E-state index in [9.17, 15) is 9.18 Å². The van der Waals surface area contributed by atoms with E-state index in [1.54, 1.807) is 25.1 Å². The zero-order valence-electron chi connectivity index (χ0n) is 15.2. The number of nitrogens with zero attached hydrogens (tertiary/aromatic N) is 1. The van der Waals surface area contributed by atoms with Gasteiger partial charge in [-0.25, -0.2) is 9.18 Å². The number of anilines is 2. The van der Waals surface area contributed by atoms with E-state index in [-0.39, 0.29) is 22.9 Å². The van der Waals surface area contributed by atoms with Crippen molar-refractivity contribution in [3.63, 3.8) is 0 Å². The molecule has 3 aromatic rings. The van der Waals surface area contributed by atoms with E-state index in [1.165, 1.54) is 18.3 Å². The molecule has 146 valence electrons. The number of pyridine rings is 1. The molecular weight excluding hydrogens is 451 g/mol. The predicted molar refractivity (Wildman–Crippen MR) is 111 cm³/mol. The van der Waals surface area contributed by atoms with E-state index >= 15 is 0 Å². The lowest BCUT2D eigenvalue weighted by Gasteiger charge is -2.16. The molecule has 0 radical (unpaired) electrons. The van der Waals surface area contributed by atoms with E-state index < -0.39 is 11.8 Å². The standard InChI is InChI=1S/C20H17BrClFN2O3/c1-3-27-18-9-17-12(8-14(18)21)19(13(10-24-17)20(26)28-4-2)25-16-6-5-11(22)7-15(16)23/h5-10H,3-4H2,1-2H3,(H,24,25). The molecule has 0 atom stereocenters. The number of benzene rings is 2. The molecule has 0 aliphatic carbocycles. The van der Waals surface area contributed by atoms with Gasteiger partial charge in [-0.1, -0.05) is 11.6 Å². The van der Waals surface area contributed by atoms with Crippen LogP contribution < -0.4 is 10.1 Å². The fourth-order valence-corrected chi connectivity index (χ4v) is 3.30. The Bertz CT molecular complexity index is 1050. The third kappa shape index (κ3) is 4.20. The fourth-order valence-electron chi connectivity index (χ4n) is 2.68. The zero-order chi connectivity index (χ0) is 20.3.